The fourth-order valence-electron chi connectivity index (χ4n) is 8.51. The summed E-state index contributed by atoms with van der Waals surface area (Å²) in [5.41, 5.74) is 2.60. The van der Waals surface area contributed by atoms with Crippen LogP contribution in [0.3, 0.4) is 0 Å². The van der Waals surface area contributed by atoms with Crippen molar-refractivity contribution in [3.63, 3.8) is 0 Å². The maximum absolute atomic E-state index is 12.9. The van der Waals surface area contributed by atoms with Gasteiger partial charge in [-0.2, -0.15) is 0 Å². The van der Waals surface area contributed by atoms with Crippen molar-refractivity contribution in [3.05, 3.63) is 12.2 Å². The Morgan fingerprint density at radius 1 is 1.18 bits per heavy atom. The van der Waals surface area contributed by atoms with Gasteiger partial charge in [0.15, 0.2) is 0 Å². The van der Waals surface area contributed by atoms with Gasteiger partial charge in [-0.3, -0.25) is 9.69 Å². The molecule has 0 spiro atoms. The smallest absolute Gasteiger partial charge is 0.310 e. The number of nitrogens with zero attached hydrogens (tertiary/aromatic N) is 1. The van der Waals surface area contributed by atoms with Gasteiger partial charge in [0.05, 0.1) is 5.92 Å². The van der Waals surface area contributed by atoms with Gasteiger partial charge in [0, 0.05) is 25.0 Å². The predicted octanol–water partition coefficient (Wildman–Crippen LogP) is 5.20. The van der Waals surface area contributed by atoms with Crippen molar-refractivity contribution in [1.29, 1.82) is 0 Å². The van der Waals surface area contributed by atoms with Crippen LogP contribution in [0.25, 0.3) is 0 Å². The van der Waals surface area contributed by atoms with Crippen LogP contribution in [0.15, 0.2) is 12.2 Å². The number of hydrogen-bond acceptors (Lipinski definition) is 3. The van der Waals surface area contributed by atoms with Crippen LogP contribution in [-0.4, -0.2) is 36.1 Å². The Morgan fingerprint density at radius 2 is 1.96 bits per heavy atom. The van der Waals surface area contributed by atoms with E-state index in [1.54, 1.807) is 0 Å². The molecule has 5 fully saturated rings. The second-order valence-corrected chi connectivity index (χ2v) is 12.5. The van der Waals surface area contributed by atoms with Gasteiger partial charge in [0.1, 0.15) is 6.10 Å². The highest BCUT2D eigenvalue weighted by atomic mass is 16.6. The third-order valence-corrected chi connectivity index (χ3v) is 9.27. The second-order valence-electron chi connectivity index (χ2n) is 12.5. The molecule has 2 aliphatic heterocycles. The summed E-state index contributed by atoms with van der Waals surface area (Å²) in [6, 6.07) is 0.652. The van der Waals surface area contributed by atoms with E-state index < -0.39 is 0 Å². The van der Waals surface area contributed by atoms with Crippen molar-refractivity contribution < 1.29 is 9.53 Å². The summed E-state index contributed by atoms with van der Waals surface area (Å²) in [4.78, 5) is 15.6. The molecule has 2 heterocycles. The van der Waals surface area contributed by atoms with E-state index >= 15 is 0 Å². The lowest BCUT2D eigenvalue weighted by molar-refractivity contribution is -0.146. The zero-order valence-electron chi connectivity index (χ0n) is 18.4. The SMILES string of the molecule is C=C1CCCC2(C)CC3OC(=O)C(CN4CC5(C)CC4CC(C)(C)C5)C3CC12. The largest absolute Gasteiger partial charge is 0.462 e. The van der Waals surface area contributed by atoms with Crippen LogP contribution in [0.1, 0.15) is 79.1 Å². The molecule has 5 aliphatic rings. The van der Waals surface area contributed by atoms with Crippen molar-refractivity contribution in [2.75, 3.05) is 13.1 Å². The van der Waals surface area contributed by atoms with Crippen LogP contribution in [0.5, 0.6) is 0 Å². The Kier molecular flexibility index (Phi) is 4.17. The molecule has 156 valence electrons. The minimum Gasteiger partial charge on any atom is -0.462 e. The third kappa shape index (κ3) is 2.99. The number of hydrogen-bond donors (Lipinski definition) is 0. The maximum Gasteiger partial charge on any atom is 0.310 e. The van der Waals surface area contributed by atoms with Crippen LogP contribution in [0.2, 0.25) is 0 Å². The van der Waals surface area contributed by atoms with Gasteiger partial charge in [-0.25, -0.2) is 0 Å². The minimum atomic E-state index is 0.0790. The molecular weight excluding hydrogens is 346 g/mol. The molecule has 3 aliphatic carbocycles. The Hall–Kier alpha value is -0.830. The Bertz CT molecular complexity index is 699. The summed E-state index contributed by atoms with van der Waals surface area (Å²) < 4.78 is 6.02. The lowest BCUT2D eigenvalue weighted by atomic mass is 9.55. The first-order chi connectivity index (χ1) is 13.1. The molecule has 3 nitrogen and oxygen atoms in total. The van der Waals surface area contributed by atoms with E-state index in [1.807, 2.05) is 0 Å². The number of rotatable bonds is 2. The van der Waals surface area contributed by atoms with E-state index in [0.717, 1.165) is 25.9 Å². The number of likely N-dealkylation sites (tertiary alicyclic amines) is 1. The van der Waals surface area contributed by atoms with E-state index in [1.165, 1.54) is 44.1 Å². The van der Waals surface area contributed by atoms with Crippen LogP contribution < -0.4 is 0 Å². The summed E-state index contributed by atoms with van der Waals surface area (Å²) in [7, 11) is 0. The molecule has 2 bridgehead atoms. The third-order valence-electron chi connectivity index (χ3n) is 9.27. The molecule has 0 aromatic carbocycles. The fraction of sp³-hybridized carbons (Fsp3) is 0.880. The lowest BCUT2D eigenvalue weighted by Gasteiger charge is -2.50. The van der Waals surface area contributed by atoms with Crippen molar-refractivity contribution in [3.8, 4) is 0 Å². The summed E-state index contributed by atoms with van der Waals surface area (Å²) in [5, 5.41) is 0. The van der Waals surface area contributed by atoms with Crippen molar-refractivity contribution in [2.45, 2.75) is 91.2 Å². The van der Waals surface area contributed by atoms with E-state index in [4.69, 9.17) is 4.74 Å². The highest BCUT2D eigenvalue weighted by molar-refractivity contribution is 5.75. The molecule has 3 saturated carbocycles. The van der Waals surface area contributed by atoms with E-state index in [-0.39, 0.29) is 18.0 Å². The Balaban J connectivity index is 1.34. The second kappa shape index (κ2) is 6.09. The molecule has 0 aromatic rings. The highest BCUT2D eigenvalue weighted by Crippen LogP contribution is 2.58. The molecule has 7 atom stereocenters. The van der Waals surface area contributed by atoms with E-state index in [2.05, 4.69) is 39.2 Å². The minimum absolute atomic E-state index is 0.0790. The average molecular weight is 386 g/mol. The van der Waals surface area contributed by atoms with Crippen molar-refractivity contribution in [2.24, 2.45) is 34.0 Å². The van der Waals surface area contributed by atoms with Crippen molar-refractivity contribution in [1.82, 2.24) is 4.90 Å². The average Bonchev–Trinajstić information content (AvgIpc) is 2.97. The highest BCUT2D eigenvalue weighted by Gasteiger charge is 2.57. The maximum atomic E-state index is 12.9. The number of carbonyl (C=O) groups is 1. The summed E-state index contributed by atoms with van der Waals surface area (Å²) in [6.45, 7) is 16.3. The molecule has 7 unspecified atom stereocenters. The number of fused-ring (bicyclic) bond motifs is 4. The van der Waals surface area contributed by atoms with Gasteiger partial charge in [0.2, 0.25) is 0 Å². The first-order valence-electron chi connectivity index (χ1n) is 11.7. The molecule has 0 amide bonds. The van der Waals surface area contributed by atoms with E-state index in [0.29, 0.717) is 34.1 Å². The van der Waals surface area contributed by atoms with Crippen LogP contribution in [-0.2, 0) is 9.53 Å². The fourth-order valence-corrected chi connectivity index (χ4v) is 8.51. The first-order valence-corrected chi connectivity index (χ1v) is 11.7. The zero-order chi connectivity index (χ0) is 19.9. The first kappa shape index (κ1) is 19.2. The molecule has 5 rings (SSSR count). The quantitative estimate of drug-likeness (QED) is 0.483. The van der Waals surface area contributed by atoms with Gasteiger partial charge in [-0.05, 0) is 73.5 Å². The number of carbonyl (C=O) groups excluding carboxylic acids is 1. The summed E-state index contributed by atoms with van der Waals surface area (Å²) in [5.74, 6) is 1.17. The van der Waals surface area contributed by atoms with Crippen molar-refractivity contribution >= 4 is 5.97 Å². The number of allylic oxidation sites excluding steroid dienone is 1. The Labute approximate surface area is 171 Å². The van der Waals surface area contributed by atoms with E-state index in [9.17, 15) is 4.79 Å². The summed E-state index contributed by atoms with van der Waals surface area (Å²) >= 11 is 0. The molecule has 3 heteroatoms. The molecule has 0 aromatic heterocycles. The monoisotopic (exact) mass is 385 g/mol. The molecular formula is C25H39NO2. The lowest BCUT2D eigenvalue weighted by Crippen LogP contribution is -2.46. The van der Waals surface area contributed by atoms with Crippen LogP contribution >= 0.6 is 0 Å². The predicted molar refractivity (Wildman–Crippen MR) is 112 cm³/mol. The molecule has 0 radical (unpaired) electrons. The van der Waals surface area contributed by atoms with Gasteiger partial charge < -0.3 is 4.74 Å². The Morgan fingerprint density at radius 3 is 2.75 bits per heavy atom. The number of ether oxygens (including phenoxy) is 1. The number of esters is 1. The van der Waals surface area contributed by atoms with Gasteiger partial charge >= 0.3 is 5.97 Å². The van der Waals surface area contributed by atoms with Crippen LogP contribution in [0, 0.1) is 34.0 Å². The standard InChI is InChI=1S/C25H39NO2/c1-16-7-6-8-25(5)12-21-18(9-20(16)25)19(22(27)28-21)13-26-15-24(4)11-17(26)10-23(2,3)14-24/h17-21H,1,6-15H2,2-5H3. The van der Waals surface area contributed by atoms with Gasteiger partial charge in [-0.1, -0.05) is 39.8 Å². The van der Waals surface area contributed by atoms with Gasteiger partial charge in [0.25, 0.3) is 0 Å². The normalized spacial score (nSPS) is 50.2. The molecule has 28 heavy (non-hydrogen) atoms. The zero-order valence-corrected chi connectivity index (χ0v) is 18.4. The van der Waals surface area contributed by atoms with Gasteiger partial charge in [-0.15, -0.1) is 0 Å². The topological polar surface area (TPSA) is 29.5 Å². The molecule has 0 N–H and O–H groups in total. The van der Waals surface area contributed by atoms with Crippen LogP contribution in [0.4, 0.5) is 0 Å². The molecule has 2 saturated heterocycles. The summed E-state index contributed by atoms with van der Waals surface area (Å²) in [6.07, 6.45) is 9.93.